The SMILES string of the molecule is CC(C)N(CC(=O)O)Cc1nc(-c2ccco2)no1. The first-order chi connectivity index (χ1) is 9.06. The van der Waals surface area contributed by atoms with E-state index in [4.69, 9.17) is 14.0 Å². The number of nitrogens with zero attached hydrogens (tertiary/aromatic N) is 3. The lowest BCUT2D eigenvalue weighted by Crippen LogP contribution is -2.35. The van der Waals surface area contributed by atoms with Gasteiger partial charge in [-0.2, -0.15) is 4.98 Å². The number of furan rings is 1. The number of aliphatic carboxylic acids is 1. The topological polar surface area (TPSA) is 92.6 Å². The summed E-state index contributed by atoms with van der Waals surface area (Å²) in [5, 5.41) is 12.6. The van der Waals surface area contributed by atoms with Crippen molar-refractivity contribution in [3.8, 4) is 11.6 Å². The highest BCUT2D eigenvalue weighted by atomic mass is 16.5. The number of hydrogen-bond acceptors (Lipinski definition) is 6. The molecule has 7 nitrogen and oxygen atoms in total. The number of rotatable bonds is 6. The molecule has 0 unspecified atom stereocenters. The Balaban J connectivity index is 2.08. The average Bonchev–Trinajstić information content (AvgIpc) is 2.97. The first-order valence-electron chi connectivity index (χ1n) is 5.88. The van der Waals surface area contributed by atoms with Gasteiger partial charge in [0.15, 0.2) is 5.76 Å². The van der Waals surface area contributed by atoms with E-state index in [1.165, 1.54) is 6.26 Å². The Labute approximate surface area is 109 Å². The Morgan fingerprint density at radius 1 is 1.53 bits per heavy atom. The normalized spacial score (nSPS) is 11.4. The predicted molar refractivity (Wildman–Crippen MR) is 65.2 cm³/mol. The molecule has 0 aliphatic carbocycles. The second kappa shape index (κ2) is 5.66. The summed E-state index contributed by atoms with van der Waals surface area (Å²) < 4.78 is 10.3. The maximum Gasteiger partial charge on any atom is 0.317 e. The molecule has 0 fully saturated rings. The number of carbonyl (C=O) groups is 1. The van der Waals surface area contributed by atoms with E-state index in [9.17, 15) is 4.79 Å². The molecule has 0 saturated heterocycles. The monoisotopic (exact) mass is 265 g/mol. The Bertz CT molecular complexity index is 533. The lowest BCUT2D eigenvalue weighted by Gasteiger charge is -2.22. The average molecular weight is 265 g/mol. The molecule has 0 aliphatic heterocycles. The third kappa shape index (κ3) is 3.41. The van der Waals surface area contributed by atoms with Crippen molar-refractivity contribution in [2.75, 3.05) is 6.54 Å². The van der Waals surface area contributed by atoms with Gasteiger partial charge in [-0.15, -0.1) is 0 Å². The first-order valence-corrected chi connectivity index (χ1v) is 5.88. The molecule has 1 N–H and O–H groups in total. The lowest BCUT2D eigenvalue weighted by molar-refractivity contribution is -0.139. The Morgan fingerprint density at radius 2 is 2.32 bits per heavy atom. The molecule has 0 atom stereocenters. The molecule has 2 rings (SSSR count). The van der Waals surface area contributed by atoms with Crippen molar-refractivity contribution in [1.29, 1.82) is 0 Å². The third-order valence-corrected chi connectivity index (χ3v) is 2.62. The van der Waals surface area contributed by atoms with E-state index in [2.05, 4.69) is 10.1 Å². The predicted octanol–water partition coefficient (Wildman–Crippen LogP) is 1.62. The third-order valence-electron chi connectivity index (χ3n) is 2.62. The van der Waals surface area contributed by atoms with Crippen LogP contribution in [0.2, 0.25) is 0 Å². The van der Waals surface area contributed by atoms with Crippen molar-refractivity contribution < 1.29 is 18.8 Å². The Kier molecular flexibility index (Phi) is 3.96. The standard InChI is InChI=1S/C12H15N3O4/c1-8(2)15(7-11(16)17)6-10-13-12(14-19-10)9-4-3-5-18-9/h3-5,8H,6-7H2,1-2H3,(H,16,17). The van der Waals surface area contributed by atoms with Gasteiger partial charge in [0.25, 0.3) is 0 Å². The van der Waals surface area contributed by atoms with Gasteiger partial charge in [0.2, 0.25) is 11.7 Å². The number of carboxylic acids is 1. The van der Waals surface area contributed by atoms with Crippen LogP contribution in [0.3, 0.4) is 0 Å². The molecule has 0 saturated carbocycles. The van der Waals surface area contributed by atoms with E-state index >= 15 is 0 Å². The molecule has 7 heteroatoms. The zero-order valence-electron chi connectivity index (χ0n) is 10.7. The van der Waals surface area contributed by atoms with E-state index in [1.54, 1.807) is 17.0 Å². The summed E-state index contributed by atoms with van der Waals surface area (Å²) in [6, 6.07) is 3.53. The molecule has 0 amide bonds. The molecule has 0 radical (unpaired) electrons. The van der Waals surface area contributed by atoms with Crippen molar-refractivity contribution in [2.45, 2.75) is 26.4 Å². The highest BCUT2D eigenvalue weighted by molar-refractivity contribution is 5.69. The van der Waals surface area contributed by atoms with Gasteiger partial charge in [0.05, 0.1) is 19.4 Å². The Morgan fingerprint density at radius 3 is 2.89 bits per heavy atom. The van der Waals surface area contributed by atoms with E-state index in [0.717, 1.165) is 0 Å². The molecule has 19 heavy (non-hydrogen) atoms. The first kappa shape index (κ1) is 13.3. The van der Waals surface area contributed by atoms with E-state index in [1.807, 2.05) is 13.8 Å². The minimum absolute atomic E-state index is 0.0649. The minimum atomic E-state index is -0.889. The van der Waals surface area contributed by atoms with Crippen LogP contribution in [0.25, 0.3) is 11.6 Å². The van der Waals surface area contributed by atoms with Gasteiger partial charge >= 0.3 is 5.97 Å². The molecule has 2 heterocycles. The van der Waals surface area contributed by atoms with Gasteiger partial charge < -0.3 is 14.0 Å². The van der Waals surface area contributed by atoms with Gasteiger partial charge in [-0.25, -0.2) is 0 Å². The van der Waals surface area contributed by atoms with Crippen LogP contribution in [0.15, 0.2) is 27.3 Å². The van der Waals surface area contributed by atoms with Gasteiger partial charge in [-0.05, 0) is 26.0 Å². The lowest BCUT2D eigenvalue weighted by atomic mass is 10.3. The van der Waals surface area contributed by atoms with Crippen LogP contribution in [0.1, 0.15) is 19.7 Å². The van der Waals surface area contributed by atoms with Crippen molar-refractivity contribution in [3.05, 3.63) is 24.3 Å². The largest absolute Gasteiger partial charge is 0.480 e. The maximum atomic E-state index is 10.8. The Hall–Kier alpha value is -2.15. The quantitative estimate of drug-likeness (QED) is 0.848. The molecule has 0 aliphatic rings. The summed E-state index contributed by atoms with van der Waals surface area (Å²) in [6.45, 7) is 4.04. The summed E-state index contributed by atoms with van der Waals surface area (Å²) in [5.41, 5.74) is 0. The summed E-state index contributed by atoms with van der Waals surface area (Å²) in [5.74, 6) is 0.351. The van der Waals surface area contributed by atoms with Gasteiger partial charge in [-0.1, -0.05) is 5.16 Å². The van der Waals surface area contributed by atoms with Crippen LogP contribution < -0.4 is 0 Å². The van der Waals surface area contributed by atoms with Crippen LogP contribution in [-0.4, -0.2) is 38.7 Å². The molecule has 102 valence electrons. The van der Waals surface area contributed by atoms with Crippen LogP contribution in [-0.2, 0) is 11.3 Å². The molecular weight excluding hydrogens is 250 g/mol. The molecule has 0 spiro atoms. The van der Waals surface area contributed by atoms with Crippen molar-refractivity contribution in [1.82, 2.24) is 15.0 Å². The summed E-state index contributed by atoms with van der Waals surface area (Å²) >= 11 is 0. The molecule has 0 aromatic carbocycles. The molecule has 0 bridgehead atoms. The van der Waals surface area contributed by atoms with Gasteiger partial charge in [-0.3, -0.25) is 9.69 Å². The smallest absolute Gasteiger partial charge is 0.317 e. The molecule has 2 aromatic heterocycles. The van der Waals surface area contributed by atoms with Gasteiger partial charge in [0, 0.05) is 6.04 Å². The zero-order chi connectivity index (χ0) is 13.8. The van der Waals surface area contributed by atoms with Crippen LogP contribution in [0, 0.1) is 0 Å². The zero-order valence-corrected chi connectivity index (χ0v) is 10.7. The fraction of sp³-hybridized carbons (Fsp3) is 0.417. The van der Waals surface area contributed by atoms with Crippen molar-refractivity contribution in [2.24, 2.45) is 0 Å². The van der Waals surface area contributed by atoms with Crippen molar-refractivity contribution in [3.63, 3.8) is 0 Å². The van der Waals surface area contributed by atoms with E-state index in [-0.39, 0.29) is 19.1 Å². The second-order valence-corrected chi connectivity index (χ2v) is 4.38. The van der Waals surface area contributed by atoms with Crippen LogP contribution in [0.4, 0.5) is 0 Å². The maximum absolute atomic E-state index is 10.8. The van der Waals surface area contributed by atoms with Crippen molar-refractivity contribution >= 4 is 5.97 Å². The highest BCUT2D eigenvalue weighted by Crippen LogP contribution is 2.16. The van der Waals surface area contributed by atoms with Crippen LogP contribution >= 0.6 is 0 Å². The molecule has 2 aromatic rings. The van der Waals surface area contributed by atoms with Gasteiger partial charge in [0.1, 0.15) is 0 Å². The highest BCUT2D eigenvalue weighted by Gasteiger charge is 2.18. The summed E-state index contributed by atoms with van der Waals surface area (Å²) in [7, 11) is 0. The fourth-order valence-corrected chi connectivity index (χ4v) is 1.59. The minimum Gasteiger partial charge on any atom is -0.480 e. The molecular formula is C12H15N3O4. The number of hydrogen-bond donors (Lipinski definition) is 1. The second-order valence-electron chi connectivity index (χ2n) is 4.38. The van der Waals surface area contributed by atoms with Crippen LogP contribution in [0.5, 0.6) is 0 Å². The summed E-state index contributed by atoms with van der Waals surface area (Å²) in [4.78, 5) is 16.7. The van der Waals surface area contributed by atoms with E-state index in [0.29, 0.717) is 17.5 Å². The fourth-order valence-electron chi connectivity index (χ4n) is 1.59. The summed E-state index contributed by atoms with van der Waals surface area (Å²) in [6.07, 6.45) is 1.52. The number of carboxylic acid groups (broad SMARTS) is 1. The number of aromatic nitrogens is 2. The van der Waals surface area contributed by atoms with E-state index < -0.39 is 5.97 Å².